The number of thioether (sulfide) groups is 1. The molecule has 1 aromatic rings. The minimum Gasteiger partial charge on any atom is -0.394 e. The maximum Gasteiger partial charge on any atom is 0.247 e. The standard InChI is InChI=1S/C32H45N3O4S/c1-8-17-33(22(5)6)30(39)27-32-16-15-31(7,40-32)25(26(32)29(38)35(27)24(20-36)19-21(3)4)28(37)34(18-9-2)23-13-11-10-12-14-23/h8-14,21-22,24-27,36H,1-2,15-20H2,3-7H3/t24-,25+,26+,27?,31-,32?/m1/s1. The number of carbonyl (C=O) groups excluding carboxylic acids is 3. The molecule has 3 heterocycles. The summed E-state index contributed by atoms with van der Waals surface area (Å²) in [6.07, 6.45) is 5.41. The fourth-order valence-electron chi connectivity index (χ4n) is 7.31. The van der Waals surface area contributed by atoms with Gasteiger partial charge in [0.1, 0.15) is 6.04 Å². The van der Waals surface area contributed by atoms with E-state index in [1.54, 1.807) is 38.6 Å². The predicted molar refractivity (Wildman–Crippen MR) is 162 cm³/mol. The number of likely N-dealkylation sites (tertiary alicyclic amines) is 1. The number of hydrogen-bond acceptors (Lipinski definition) is 5. The Bertz CT molecular complexity index is 1140. The van der Waals surface area contributed by atoms with Crippen LogP contribution in [0.25, 0.3) is 0 Å². The SMILES string of the molecule is C=CCN(C(=O)[C@@H]1[C@H]2C(=O)N([C@@H](CO)CC(C)C)C(C(=O)N(CC=C)C(C)C)C23CC[C@@]1(C)S3)c1ccccc1. The Morgan fingerprint density at radius 2 is 1.75 bits per heavy atom. The molecule has 40 heavy (non-hydrogen) atoms. The summed E-state index contributed by atoms with van der Waals surface area (Å²) >= 11 is 1.67. The van der Waals surface area contributed by atoms with E-state index in [2.05, 4.69) is 33.9 Å². The molecule has 7 nitrogen and oxygen atoms in total. The second-order valence-corrected chi connectivity index (χ2v) is 14.3. The number of rotatable bonds is 12. The Balaban J connectivity index is 1.85. The third-order valence-electron chi connectivity index (χ3n) is 8.94. The molecule has 218 valence electrons. The van der Waals surface area contributed by atoms with Gasteiger partial charge in [-0.2, -0.15) is 0 Å². The fraction of sp³-hybridized carbons (Fsp3) is 0.594. The van der Waals surface area contributed by atoms with Crippen LogP contribution in [-0.2, 0) is 14.4 Å². The van der Waals surface area contributed by atoms with Crippen LogP contribution in [0.1, 0.15) is 53.9 Å². The fourth-order valence-corrected chi connectivity index (χ4v) is 9.64. The molecule has 3 saturated heterocycles. The molecule has 4 rings (SSSR count). The van der Waals surface area contributed by atoms with Crippen LogP contribution in [0.4, 0.5) is 5.69 Å². The largest absolute Gasteiger partial charge is 0.394 e. The lowest BCUT2D eigenvalue weighted by molar-refractivity contribution is -0.147. The minimum absolute atomic E-state index is 0.0895. The summed E-state index contributed by atoms with van der Waals surface area (Å²) in [4.78, 5) is 48.8. The summed E-state index contributed by atoms with van der Waals surface area (Å²) in [5, 5.41) is 10.5. The van der Waals surface area contributed by atoms with Crippen molar-refractivity contribution in [3.63, 3.8) is 0 Å². The summed E-state index contributed by atoms with van der Waals surface area (Å²) in [5.74, 6) is -1.43. The minimum atomic E-state index is -0.752. The van der Waals surface area contributed by atoms with Gasteiger partial charge in [-0.25, -0.2) is 0 Å². The lowest BCUT2D eigenvalue weighted by Crippen LogP contribution is -2.58. The Hall–Kier alpha value is -2.58. The summed E-state index contributed by atoms with van der Waals surface area (Å²) < 4.78 is -1.22. The molecular weight excluding hydrogens is 522 g/mol. The van der Waals surface area contributed by atoms with Crippen molar-refractivity contribution in [3.8, 4) is 0 Å². The van der Waals surface area contributed by atoms with E-state index >= 15 is 0 Å². The number of para-hydroxylation sites is 1. The normalized spacial score (nSPS) is 29.6. The van der Waals surface area contributed by atoms with Gasteiger partial charge in [-0.1, -0.05) is 44.2 Å². The van der Waals surface area contributed by atoms with Gasteiger partial charge in [-0.15, -0.1) is 24.9 Å². The van der Waals surface area contributed by atoms with E-state index < -0.39 is 33.4 Å². The van der Waals surface area contributed by atoms with Gasteiger partial charge in [0.2, 0.25) is 17.7 Å². The highest BCUT2D eigenvalue weighted by Gasteiger charge is 2.78. The van der Waals surface area contributed by atoms with Gasteiger partial charge >= 0.3 is 0 Å². The molecule has 0 saturated carbocycles. The Kier molecular flexibility index (Phi) is 8.91. The van der Waals surface area contributed by atoms with Crippen molar-refractivity contribution in [3.05, 3.63) is 55.6 Å². The highest BCUT2D eigenvalue weighted by Crippen LogP contribution is 2.72. The van der Waals surface area contributed by atoms with Crippen LogP contribution in [0.15, 0.2) is 55.6 Å². The number of benzene rings is 1. The van der Waals surface area contributed by atoms with Crippen molar-refractivity contribution >= 4 is 35.2 Å². The van der Waals surface area contributed by atoms with Gasteiger partial charge in [0, 0.05) is 29.6 Å². The van der Waals surface area contributed by atoms with Crippen LogP contribution >= 0.6 is 11.8 Å². The zero-order valence-corrected chi connectivity index (χ0v) is 25.4. The van der Waals surface area contributed by atoms with Gasteiger partial charge in [-0.05, 0) is 58.1 Å². The molecule has 2 bridgehead atoms. The zero-order chi connectivity index (χ0) is 29.4. The molecule has 1 N–H and O–H groups in total. The molecule has 0 radical (unpaired) electrons. The average molecular weight is 568 g/mol. The number of fused-ring (bicyclic) bond motifs is 1. The average Bonchev–Trinajstić information content (AvgIpc) is 3.49. The molecular formula is C32H45N3O4S. The van der Waals surface area contributed by atoms with E-state index in [0.29, 0.717) is 25.9 Å². The number of aliphatic hydroxyl groups is 1. The first-order valence-corrected chi connectivity index (χ1v) is 15.3. The van der Waals surface area contributed by atoms with Crippen LogP contribution in [0.5, 0.6) is 0 Å². The number of nitrogens with zero attached hydrogens (tertiary/aromatic N) is 3. The monoisotopic (exact) mass is 567 g/mol. The van der Waals surface area contributed by atoms with E-state index in [9.17, 15) is 19.5 Å². The lowest BCUT2D eigenvalue weighted by Gasteiger charge is -2.41. The maximum atomic E-state index is 14.6. The second kappa shape index (κ2) is 11.7. The molecule has 3 aliphatic heterocycles. The summed E-state index contributed by atoms with van der Waals surface area (Å²) in [6.45, 7) is 18.3. The second-order valence-electron chi connectivity index (χ2n) is 12.4. The third kappa shape index (κ3) is 4.91. The molecule has 2 unspecified atom stereocenters. The van der Waals surface area contributed by atoms with Crippen molar-refractivity contribution < 1.29 is 19.5 Å². The molecule has 3 amide bonds. The van der Waals surface area contributed by atoms with Crippen LogP contribution in [0, 0.1) is 17.8 Å². The third-order valence-corrected chi connectivity index (χ3v) is 10.9. The molecule has 6 atom stereocenters. The van der Waals surface area contributed by atoms with Crippen molar-refractivity contribution in [2.24, 2.45) is 17.8 Å². The van der Waals surface area contributed by atoms with Crippen LogP contribution in [0.2, 0.25) is 0 Å². The topological polar surface area (TPSA) is 81.2 Å². The number of anilines is 1. The van der Waals surface area contributed by atoms with E-state index in [0.717, 1.165) is 12.1 Å². The first-order valence-electron chi connectivity index (χ1n) is 14.5. The highest BCUT2D eigenvalue weighted by atomic mass is 32.2. The van der Waals surface area contributed by atoms with Gasteiger partial charge in [0.25, 0.3) is 0 Å². The zero-order valence-electron chi connectivity index (χ0n) is 24.6. The van der Waals surface area contributed by atoms with Crippen molar-refractivity contribution in [2.75, 3.05) is 24.6 Å². The molecule has 8 heteroatoms. The highest BCUT2D eigenvalue weighted by molar-refractivity contribution is 8.02. The first kappa shape index (κ1) is 30.4. The van der Waals surface area contributed by atoms with Crippen molar-refractivity contribution in [1.29, 1.82) is 0 Å². The summed E-state index contributed by atoms with van der Waals surface area (Å²) in [5.41, 5.74) is 0.762. The molecule has 1 aromatic carbocycles. The Labute approximate surface area is 243 Å². The van der Waals surface area contributed by atoms with E-state index in [4.69, 9.17) is 0 Å². The van der Waals surface area contributed by atoms with Crippen LogP contribution < -0.4 is 4.90 Å². The van der Waals surface area contributed by atoms with Gasteiger partial charge in [0.15, 0.2) is 0 Å². The van der Waals surface area contributed by atoms with E-state index in [-0.39, 0.29) is 36.3 Å². The summed E-state index contributed by atoms with van der Waals surface area (Å²) in [6, 6.07) is 8.15. The molecule has 3 aliphatic rings. The van der Waals surface area contributed by atoms with Crippen molar-refractivity contribution in [2.45, 2.75) is 81.5 Å². The smallest absolute Gasteiger partial charge is 0.247 e. The number of hydrogen-bond donors (Lipinski definition) is 1. The first-order chi connectivity index (χ1) is 19.0. The number of carbonyl (C=O) groups is 3. The van der Waals surface area contributed by atoms with Gasteiger partial charge in [0.05, 0.1) is 29.2 Å². The molecule has 3 fully saturated rings. The van der Waals surface area contributed by atoms with Crippen LogP contribution in [0.3, 0.4) is 0 Å². The number of amides is 3. The Morgan fingerprint density at radius 3 is 2.30 bits per heavy atom. The number of aliphatic hydroxyl groups excluding tert-OH is 1. The molecule has 1 spiro atoms. The lowest BCUT2D eigenvalue weighted by atomic mass is 9.66. The quantitative estimate of drug-likeness (QED) is 0.376. The molecule has 0 aromatic heterocycles. The summed E-state index contributed by atoms with van der Waals surface area (Å²) in [7, 11) is 0. The van der Waals surface area contributed by atoms with E-state index in [1.807, 2.05) is 44.2 Å². The van der Waals surface area contributed by atoms with Gasteiger partial charge in [-0.3, -0.25) is 14.4 Å². The maximum absolute atomic E-state index is 14.6. The van der Waals surface area contributed by atoms with E-state index in [1.165, 1.54) is 0 Å². The molecule has 0 aliphatic carbocycles. The predicted octanol–water partition coefficient (Wildman–Crippen LogP) is 4.52. The van der Waals surface area contributed by atoms with Crippen molar-refractivity contribution in [1.82, 2.24) is 9.80 Å². The van der Waals surface area contributed by atoms with Gasteiger partial charge < -0.3 is 19.8 Å². The van der Waals surface area contributed by atoms with Crippen LogP contribution in [-0.4, -0.2) is 79.9 Å². The Morgan fingerprint density at radius 1 is 1.10 bits per heavy atom.